The van der Waals surface area contributed by atoms with Crippen molar-refractivity contribution in [1.29, 1.82) is 5.26 Å². The van der Waals surface area contributed by atoms with E-state index in [2.05, 4.69) is 26.2 Å². The summed E-state index contributed by atoms with van der Waals surface area (Å²) in [4.78, 5) is 12.2. The van der Waals surface area contributed by atoms with Gasteiger partial charge < -0.3 is 10.6 Å². The van der Waals surface area contributed by atoms with E-state index >= 15 is 0 Å². The largest absolute Gasteiger partial charge is 0.328 e. The van der Waals surface area contributed by atoms with E-state index in [4.69, 9.17) is 5.26 Å². The van der Waals surface area contributed by atoms with Gasteiger partial charge in [0.15, 0.2) is 5.82 Å². The quantitative estimate of drug-likeness (QED) is 0.762. The van der Waals surface area contributed by atoms with Crippen molar-refractivity contribution in [2.24, 2.45) is 0 Å². The van der Waals surface area contributed by atoms with Crippen molar-refractivity contribution < 1.29 is 4.79 Å². The van der Waals surface area contributed by atoms with Gasteiger partial charge in [-0.1, -0.05) is 24.3 Å². The van der Waals surface area contributed by atoms with Crippen LogP contribution in [0.15, 0.2) is 54.6 Å². The molecular weight excluding hydrogens is 318 g/mol. The van der Waals surface area contributed by atoms with Crippen LogP contribution in [0.4, 0.5) is 10.5 Å². The number of para-hydroxylation sites is 1. The predicted octanol–water partition coefficient (Wildman–Crippen LogP) is 2.42. The van der Waals surface area contributed by atoms with Gasteiger partial charge in [0, 0.05) is 5.69 Å². The number of carbonyl (C=O) groups is 1. The number of aromatic nitrogens is 4. The zero-order chi connectivity index (χ0) is 17.6. The molecule has 3 rings (SSSR count). The number of benzene rings is 2. The Morgan fingerprint density at radius 2 is 2.00 bits per heavy atom. The molecule has 0 aliphatic carbocycles. The van der Waals surface area contributed by atoms with Gasteiger partial charge in [0.05, 0.1) is 23.4 Å². The van der Waals surface area contributed by atoms with Crippen molar-refractivity contribution in [3.63, 3.8) is 0 Å². The highest BCUT2D eigenvalue weighted by molar-refractivity contribution is 5.89. The monoisotopic (exact) mass is 333 g/mol. The molecule has 2 aromatic carbocycles. The molecule has 1 atom stereocenters. The van der Waals surface area contributed by atoms with Gasteiger partial charge >= 0.3 is 6.03 Å². The fourth-order valence-electron chi connectivity index (χ4n) is 2.31. The first-order valence-corrected chi connectivity index (χ1v) is 7.59. The van der Waals surface area contributed by atoms with E-state index in [1.807, 2.05) is 36.4 Å². The van der Waals surface area contributed by atoms with E-state index in [1.54, 1.807) is 35.9 Å². The summed E-state index contributed by atoms with van der Waals surface area (Å²) in [6.45, 7) is 1.79. The summed E-state index contributed by atoms with van der Waals surface area (Å²) in [5.74, 6) is 0.507. The Hall–Kier alpha value is -3.73. The third-order valence-corrected chi connectivity index (χ3v) is 3.48. The Labute approximate surface area is 144 Å². The molecule has 124 valence electrons. The molecule has 25 heavy (non-hydrogen) atoms. The number of urea groups is 1. The summed E-state index contributed by atoms with van der Waals surface area (Å²) in [5, 5.41) is 26.0. The minimum atomic E-state index is -0.422. The van der Waals surface area contributed by atoms with Crippen LogP contribution in [0.1, 0.15) is 24.4 Å². The van der Waals surface area contributed by atoms with E-state index in [0.717, 1.165) is 5.69 Å². The van der Waals surface area contributed by atoms with Crippen LogP contribution in [0.25, 0.3) is 5.69 Å². The summed E-state index contributed by atoms with van der Waals surface area (Å²) >= 11 is 0. The number of hydrogen-bond donors (Lipinski definition) is 2. The standard InChI is InChI=1S/C17H15N7O/c1-12(16-21-22-23-24(16)15-8-3-2-4-9-15)19-17(25)20-14-7-5-6-13(10-14)11-18/h2-10,12H,1H3,(H2,19,20,25)/t12-/m1/s1. The van der Waals surface area contributed by atoms with Crippen molar-refractivity contribution >= 4 is 11.7 Å². The molecule has 3 aromatic rings. The second kappa shape index (κ2) is 7.23. The van der Waals surface area contributed by atoms with Gasteiger partial charge in [-0.25, -0.2) is 4.79 Å². The van der Waals surface area contributed by atoms with E-state index in [1.165, 1.54) is 0 Å². The van der Waals surface area contributed by atoms with Gasteiger partial charge in [-0.15, -0.1) is 5.10 Å². The third kappa shape index (κ3) is 3.79. The highest BCUT2D eigenvalue weighted by Gasteiger charge is 2.17. The molecule has 0 saturated carbocycles. The van der Waals surface area contributed by atoms with Gasteiger partial charge in [0.25, 0.3) is 0 Å². The molecule has 0 unspecified atom stereocenters. The molecule has 1 aromatic heterocycles. The molecule has 2 N–H and O–H groups in total. The number of nitrogens with one attached hydrogen (secondary N) is 2. The zero-order valence-corrected chi connectivity index (χ0v) is 13.4. The molecule has 0 radical (unpaired) electrons. The van der Waals surface area contributed by atoms with Crippen LogP contribution in [-0.2, 0) is 0 Å². The van der Waals surface area contributed by atoms with Gasteiger partial charge in [-0.2, -0.15) is 9.94 Å². The molecule has 8 nitrogen and oxygen atoms in total. The summed E-state index contributed by atoms with van der Waals surface area (Å²) < 4.78 is 1.57. The molecule has 2 amide bonds. The van der Waals surface area contributed by atoms with Crippen LogP contribution in [0.5, 0.6) is 0 Å². The average molecular weight is 333 g/mol. The molecule has 0 spiro atoms. The molecule has 1 heterocycles. The molecule has 0 bridgehead atoms. The fourth-order valence-corrected chi connectivity index (χ4v) is 2.31. The molecule has 0 saturated heterocycles. The minimum Gasteiger partial charge on any atom is -0.328 e. The minimum absolute atomic E-state index is 0.412. The van der Waals surface area contributed by atoms with Gasteiger partial charge in [-0.3, -0.25) is 0 Å². The summed E-state index contributed by atoms with van der Waals surface area (Å²) in [6.07, 6.45) is 0. The first-order chi connectivity index (χ1) is 12.2. The topological polar surface area (TPSA) is 109 Å². The Balaban J connectivity index is 1.70. The first kappa shape index (κ1) is 16.1. The maximum Gasteiger partial charge on any atom is 0.319 e. The van der Waals surface area contributed by atoms with E-state index in [9.17, 15) is 4.79 Å². The number of tetrazole rings is 1. The number of rotatable bonds is 4. The lowest BCUT2D eigenvalue weighted by atomic mass is 10.2. The molecular formula is C17H15N7O. The highest BCUT2D eigenvalue weighted by atomic mass is 16.2. The zero-order valence-electron chi connectivity index (χ0n) is 13.4. The molecule has 0 aliphatic rings. The van der Waals surface area contributed by atoms with Crippen LogP contribution >= 0.6 is 0 Å². The Morgan fingerprint density at radius 1 is 1.20 bits per heavy atom. The normalized spacial score (nSPS) is 11.4. The van der Waals surface area contributed by atoms with Crippen LogP contribution in [0.3, 0.4) is 0 Å². The van der Waals surface area contributed by atoms with E-state index in [0.29, 0.717) is 17.1 Å². The molecule has 0 fully saturated rings. The van der Waals surface area contributed by atoms with Crippen LogP contribution in [0.2, 0.25) is 0 Å². The molecule has 8 heteroatoms. The lowest BCUT2D eigenvalue weighted by Crippen LogP contribution is -2.32. The average Bonchev–Trinajstić information content (AvgIpc) is 3.12. The Kier molecular flexibility index (Phi) is 4.67. The maximum atomic E-state index is 12.2. The number of nitriles is 1. The smallest absolute Gasteiger partial charge is 0.319 e. The third-order valence-electron chi connectivity index (χ3n) is 3.48. The highest BCUT2D eigenvalue weighted by Crippen LogP contribution is 2.14. The fraction of sp³-hybridized carbons (Fsp3) is 0.118. The maximum absolute atomic E-state index is 12.2. The second-order valence-electron chi connectivity index (χ2n) is 5.30. The van der Waals surface area contributed by atoms with E-state index in [-0.39, 0.29) is 0 Å². The Morgan fingerprint density at radius 3 is 2.76 bits per heavy atom. The number of nitrogens with zero attached hydrogens (tertiary/aromatic N) is 5. The lowest BCUT2D eigenvalue weighted by Gasteiger charge is -2.14. The number of hydrogen-bond acceptors (Lipinski definition) is 5. The van der Waals surface area contributed by atoms with Crippen LogP contribution < -0.4 is 10.6 Å². The van der Waals surface area contributed by atoms with E-state index < -0.39 is 12.1 Å². The van der Waals surface area contributed by atoms with Gasteiger partial charge in [0.1, 0.15) is 0 Å². The summed E-state index contributed by atoms with van der Waals surface area (Å²) in [7, 11) is 0. The van der Waals surface area contributed by atoms with Crippen LogP contribution in [0, 0.1) is 11.3 Å². The van der Waals surface area contributed by atoms with Crippen molar-refractivity contribution in [3.05, 3.63) is 66.0 Å². The van der Waals surface area contributed by atoms with Gasteiger partial charge in [-0.05, 0) is 47.7 Å². The van der Waals surface area contributed by atoms with Crippen LogP contribution in [-0.4, -0.2) is 26.2 Å². The van der Waals surface area contributed by atoms with Crippen molar-refractivity contribution in [1.82, 2.24) is 25.5 Å². The number of amides is 2. The SMILES string of the molecule is C[C@@H](NC(=O)Nc1cccc(C#N)c1)c1nnnn1-c1ccccc1. The first-order valence-electron chi connectivity index (χ1n) is 7.59. The van der Waals surface area contributed by atoms with Crippen molar-refractivity contribution in [2.75, 3.05) is 5.32 Å². The lowest BCUT2D eigenvalue weighted by molar-refractivity contribution is 0.248. The number of carbonyl (C=O) groups excluding carboxylic acids is 1. The molecule has 0 aliphatic heterocycles. The summed E-state index contributed by atoms with van der Waals surface area (Å²) in [5.41, 5.74) is 1.81. The Bertz CT molecular complexity index is 914. The number of anilines is 1. The van der Waals surface area contributed by atoms with Crippen molar-refractivity contribution in [3.8, 4) is 11.8 Å². The second-order valence-corrected chi connectivity index (χ2v) is 5.30. The summed E-state index contributed by atoms with van der Waals surface area (Å²) in [6, 6.07) is 17.3. The predicted molar refractivity (Wildman–Crippen MR) is 90.9 cm³/mol. The van der Waals surface area contributed by atoms with Crippen molar-refractivity contribution in [2.45, 2.75) is 13.0 Å². The van der Waals surface area contributed by atoms with Gasteiger partial charge in [0.2, 0.25) is 0 Å².